The van der Waals surface area contributed by atoms with Crippen molar-refractivity contribution in [2.75, 3.05) is 20.1 Å². The number of hydrogen-bond donors (Lipinski definition) is 2. The first-order chi connectivity index (χ1) is 15.6. The lowest BCUT2D eigenvalue weighted by atomic mass is 9.77. The number of nitrogens with two attached hydrogens (primary N) is 1. The largest absolute Gasteiger partial charge is 0.332 e. The van der Waals surface area contributed by atoms with Gasteiger partial charge in [-0.15, -0.1) is 0 Å². The molecule has 1 aliphatic rings. The summed E-state index contributed by atoms with van der Waals surface area (Å²) in [5.74, 6) is 6.35. The van der Waals surface area contributed by atoms with Gasteiger partial charge in [0.05, 0.1) is 6.54 Å². The zero-order chi connectivity index (χ0) is 22.4. The Hall–Kier alpha value is -3.15. The van der Waals surface area contributed by atoms with E-state index in [1.165, 1.54) is 17.9 Å². The van der Waals surface area contributed by atoms with E-state index in [0.29, 0.717) is 6.54 Å². The molecular formula is C27H32N4O. The minimum absolute atomic E-state index is 0.277. The van der Waals surface area contributed by atoms with Crippen LogP contribution in [0.1, 0.15) is 36.0 Å². The van der Waals surface area contributed by atoms with Gasteiger partial charge in [0.15, 0.2) is 0 Å². The highest BCUT2D eigenvalue weighted by Crippen LogP contribution is 2.36. The molecule has 3 aromatic rings. The van der Waals surface area contributed by atoms with Crippen LogP contribution in [0.3, 0.4) is 0 Å². The molecule has 0 unspecified atom stereocenters. The number of hydrazine groups is 1. The van der Waals surface area contributed by atoms with Gasteiger partial charge < -0.3 is 10.2 Å². The van der Waals surface area contributed by atoms with Crippen LogP contribution in [0.2, 0.25) is 0 Å². The van der Waals surface area contributed by atoms with Gasteiger partial charge in [0.2, 0.25) is 0 Å². The Balaban J connectivity index is 1.73. The number of likely N-dealkylation sites (N-methyl/N-ethyl adjacent to an activating group) is 1. The van der Waals surface area contributed by atoms with E-state index in [9.17, 15) is 4.79 Å². The third-order valence-electron chi connectivity index (χ3n) is 6.50. The molecule has 1 fully saturated rings. The van der Waals surface area contributed by atoms with Crippen molar-refractivity contribution < 1.29 is 4.79 Å². The number of piperidine rings is 1. The number of nitrogens with zero attached hydrogens (tertiary/aromatic N) is 2. The second-order valence-corrected chi connectivity index (χ2v) is 8.56. The number of urea groups is 1. The van der Waals surface area contributed by atoms with Gasteiger partial charge in [-0.1, -0.05) is 97.4 Å². The Morgan fingerprint density at radius 3 is 1.81 bits per heavy atom. The molecular weight excluding hydrogens is 396 g/mol. The van der Waals surface area contributed by atoms with Crippen molar-refractivity contribution in [1.29, 1.82) is 0 Å². The lowest BCUT2D eigenvalue weighted by Crippen LogP contribution is -2.57. The Morgan fingerprint density at radius 2 is 1.38 bits per heavy atom. The summed E-state index contributed by atoms with van der Waals surface area (Å²) in [7, 11) is 2.11. The molecule has 0 radical (unpaired) electrons. The fourth-order valence-electron chi connectivity index (χ4n) is 4.70. The molecule has 5 heteroatoms. The lowest BCUT2D eigenvalue weighted by Gasteiger charge is -2.39. The maximum Gasteiger partial charge on any atom is 0.332 e. The number of hydrogen-bond acceptors (Lipinski definition) is 3. The van der Waals surface area contributed by atoms with Gasteiger partial charge in [-0.3, -0.25) is 5.01 Å². The van der Waals surface area contributed by atoms with Crippen molar-refractivity contribution in [1.82, 2.24) is 15.2 Å². The first-order valence-corrected chi connectivity index (χ1v) is 11.3. The van der Waals surface area contributed by atoms with Crippen molar-refractivity contribution in [2.24, 2.45) is 5.84 Å². The molecule has 3 N–H and O–H groups in total. The predicted molar refractivity (Wildman–Crippen MR) is 129 cm³/mol. The Kier molecular flexibility index (Phi) is 6.88. The molecule has 0 saturated carbocycles. The predicted octanol–water partition coefficient (Wildman–Crippen LogP) is 4.35. The molecule has 1 saturated heterocycles. The van der Waals surface area contributed by atoms with E-state index in [4.69, 9.17) is 5.84 Å². The molecule has 0 bridgehead atoms. The molecule has 5 nitrogen and oxygen atoms in total. The van der Waals surface area contributed by atoms with Gasteiger partial charge in [0, 0.05) is 6.04 Å². The van der Waals surface area contributed by atoms with E-state index in [-0.39, 0.29) is 12.1 Å². The molecule has 1 heterocycles. The third-order valence-corrected chi connectivity index (χ3v) is 6.50. The number of likely N-dealkylation sites (tertiary alicyclic amines) is 1. The SMILES string of the molecule is CN1CCCC[C@H]1CN(N)C(=O)NC(c1ccccc1)(c1ccccc1)c1ccccc1. The van der Waals surface area contributed by atoms with E-state index in [1.807, 2.05) is 54.6 Å². The normalized spacial score (nSPS) is 17.0. The van der Waals surface area contributed by atoms with E-state index < -0.39 is 5.54 Å². The number of carbonyl (C=O) groups excluding carboxylic acids is 1. The number of nitrogens with one attached hydrogen (secondary N) is 1. The first-order valence-electron chi connectivity index (χ1n) is 11.3. The molecule has 4 rings (SSSR count). The van der Waals surface area contributed by atoms with Crippen LogP contribution in [0, 0.1) is 0 Å². The topological polar surface area (TPSA) is 61.6 Å². The van der Waals surface area contributed by atoms with E-state index >= 15 is 0 Å². The average Bonchev–Trinajstić information content (AvgIpc) is 2.85. The van der Waals surface area contributed by atoms with Crippen LogP contribution in [0.4, 0.5) is 4.79 Å². The Labute approximate surface area is 190 Å². The molecule has 0 spiro atoms. The van der Waals surface area contributed by atoms with Crippen LogP contribution in [-0.2, 0) is 5.54 Å². The van der Waals surface area contributed by atoms with Crippen LogP contribution in [-0.4, -0.2) is 42.1 Å². The molecule has 0 aromatic heterocycles. The minimum atomic E-state index is -0.864. The van der Waals surface area contributed by atoms with Crippen LogP contribution in [0.15, 0.2) is 91.0 Å². The highest BCUT2D eigenvalue weighted by molar-refractivity contribution is 5.77. The van der Waals surface area contributed by atoms with Crippen molar-refractivity contribution in [3.8, 4) is 0 Å². The summed E-state index contributed by atoms with van der Waals surface area (Å²) in [4.78, 5) is 15.8. The Morgan fingerprint density at radius 1 is 0.906 bits per heavy atom. The second kappa shape index (κ2) is 9.98. The van der Waals surface area contributed by atoms with E-state index in [2.05, 4.69) is 53.7 Å². The maximum atomic E-state index is 13.5. The molecule has 1 atom stereocenters. The van der Waals surface area contributed by atoms with Gasteiger partial charge in [0.1, 0.15) is 5.54 Å². The number of rotatable bonds is 6. The van der Waals surface area contributed by atoms with Gasteiger partial charge in [0.25, 0.3) is 0 Å². The Bertz CT molecular complexity index is 897. The third kappa shape index (κ3) is 4.54. The summed E-state index contributed by atoms with van der Waals surface area (Å²) in [6.45, 7) is 1.54. The molecule has 0 aliphatic carbocycles. The highest BCUT2D eigenvalue weighted by atomic mass is 16.2. The van der Waals surface area contributed by atoms with Crippen LogP contribution >= 0.6 is 0 Å². The van der Waals surface area contributed by atoms with Gasteiger partial charge in [-0.25, -0.2) is 10.6 Å². The lowest BCUT2D eigenvalue weighted by molar-refractivity contribution is 0.131. The van der Waals surface area contributed by atoms with Crippen LogP contribution in [0.5, 0.6) is 0 Å². The van der Waals surface area contributed by atoms with Crippen LogP contribution < -0.4 is 11.2 Å². The van der Waals surface area contributed by atoms with Crippen molar-refractivity contribution in [3.63, 3.8) is 0 Å². The molecule has 3 aromatic carbocycles. The summed E-state index contributed by atoms with van der Waals surface area (Å²) in [5.41, 5.74) is 2.08. The van der Waals surface area contributed by atoms with E-state index in [1.54, 1.807) is 0 Å². The summed E-state index contributed by atoms with van der Waals surface area (Å²) in [6, 6.07) is 30.3. The van der Waals surface area contributed by atoms with Crippen molar-refractivity contribution >= 4 is 6.03 Å². The summed E-state index contributed by atoms with van der Waals surface area (Å²) in [6.07, 6.45) is 3.42. The molecule has 32 heavy (non-hydrogen) atoms. The second-order valence-electron chi connectivity index (χ2n) is 8.56. The molecule has 1 aliphatic heterocycles. The summed E-state index contributed by atoms with van der Waals surface area (Å²) in [5, 5.41) is 4.67. The number of benzene rings is 3. The highest BCUT2D eigenvalue weighted by Gasteiger charge is 2.39. The average molecular weight is 429 g/mol. The summed E-state index contributed by atoms with van der Waals surface area (Å²) >= 11 is 0. The zero-order valence-electron chi connectivity index (χ0n) is 18.7. The molecule has 166 valence electrons. The van der Waals surface area contributed by atoms with Crippen LogP contribution in [0.25, 0.3) is 0 Å². The minimum Gasteiger partial charge on any atom is -0.319 e. The standard InChI is InChI=1S/C27H32N4O/c1-30-20-12-11-19-25(30)21-31(28)26(32)29-27(22-13-5-2-6-14-22,23-15-7-3-8-16-23)24-17-9-4-10-18-24/h2-10,13-18,25H,11-12,19-21,28H2,1H3,(H,29,32)/t25-/m0/s1. The van der Waals surface area contributed by atoms with Crippen molar-refractivity contribution in [2.45, 2.75) is 30.8 Å². The van der Waals surface area contributed by atoms with Crippen molar-refractivity contribution in [3.05, 3.63) is 108 Å². The first kappa shape index (κ1) is 22.1. The quantitative estimate of drug-likeness (QED) is 0.266. The smallest absolute Gasteiger partial charge is 0.319 e. The van der Waals surface area contributed by atoms with E-state index in [0.717, 1.165) is 29.7 Å². The number of carbonyl (C=O) groups is 1. The fraction of sp³-hybridized carbons (Fsp3) is 0.296. The zero-order valence-corrected chi connectivity index (χ0v) is 18.7. The van der Waals surface area contributed by atoms with Gasteiger partial charge in [-0.2, -0.15) is 0 Å². The summed E-state index contributed by atoms with van der Waals surface area (Å²) < 4.78 is 0. The van der Waals surface area contributed by atoms with Gasteiger partial charge in [-0.05, 0) is 43.1 Å². The fourth-order valence-corrected chi connectivity index (χ4v) is 4.70. The molecule has 2 amide bonds. The van der Waals surface area contributed by atoms with Gasteiger partial charge >= 0.3 is 6.03 Å². The monoisotopic (exact) mass is 428 g/mol. The number of amides is 2. The maximum absolute atomic E-state index is 13.5.